The molecule has 0 saturated heterocycles. The van der Waals surface area contributed by atoms with Crippen LogP contribution >= 0.6 is 0 Å². The monoisotopic (exact) mass is 218 g/mol. The van der Waals surface area contributed by atoms with E-state index in [0.29, 0.717) is 32.2 Å². The van der Waals surface area contributed by atoms with E-state index in [4.69, 9.17) is 15.2 Å². The third-order valence-electron chi connectivity index (χ3n) is 1.52. The van der Waals surface area contributed by atoms with E-state index in [1.54, 1.807) is 0 Å². The van der Waals surface area contributed by atoms with Crippen molar-refractivity contribution in [3.8, 4) is 0 Å². The fourth-order valence-electron chi connectivity index (χ4n) is 0.864. The van der Waals surface area contributed by atoms with Crippen molar-refractivity contribution < 1.29 is 14.3 Å². The highest BCUT2D eigenvalue weighted by Crippen LogP contribution is 1.91. The van der Waals surface area contributed by atoms with Crippen molar-refractivity contribution in [3.05, 3.63) is 0 Å². The summed E-state index contributed by atoms with van der Waals surface area (Å²) in [7, 11) is 0. The van der Waals surface area contributed by atoms with Gasteiger partial charge in [0.1, 0.15) is 6.61 Å². The third-order valence-corrected chi connectivity index (χ3v) is 1.52. The van der Waals surface area contributed by atoms with Crippen LogP contribution in [0.15, 0.2) is 0 Å². The highest BCUT2D eigenvalue weighted by atomic mass is 16.5. The van der Waals surface area contributed by atoms with Crippen molar-refractivity contribution >= 4 is 5.91 Å². The maximum atomic E-state index is 11.0. The Morgan fingerprint density at radius 2 is 2.00 bits per heavy atom. The average Bonchev–Trinajstić information content (AvgIpc) is 2.19. The molecule has 0 atom stereocenters. The molecular weight excluding hydrogens is 196 g/mol. The predicted molar refractivity (Wildman–Crippen MR) is 58.5 cm³/mol. The van der Waals surface area contributed by atoms with Crippen LogP contribution in [0.5, 0.6) is 0 Å². The molecule has 0 saturated carbocycles. The van der Waals surface area contributed by atoms with E-state index in [2.05, 4.69) is 19.2 Å². The Labute approximate surface area is 91.3 Å². The van der Waals surface area contributed by atoms with Crippen molar-refractivity contribution in [2.24, 2.45) is 11.7 Å². The number of rotatable bonds is 9. The van der Waals surface area contributed by atoms with Gasteiger partial charge in [-0.05, 0) is 5.92 Å². The van der Waals surface area contributed by atoms with E-state index in [9.17, 15) is 4.79 Å². The van der Waals surface area contributed by atoms with Gasteiger partial charge in [-0.1, -0.05) is 13.8 Å². The first-order chi connectivity index (χ1) is 7.16. The molecule has 0 rings (SSSR count). The Balaban J connectivity index is 3.13. The highest BCUT2D eigenvalue weighted by molar-refractivity contribution is 5.77. The van der Waals surface area contributed by atoms with E-state index in [1.165, 1.54) is 0 Å². The van der Waals surface area contributed by atoms with Crippen LogP contribution in [0.25, 0.3) is 0 Å². The molecule has 15 heavy (non-hydrogen) atoms. The second-order valence-electron chi connectivity index (χ2n) is 3.66. The minimum absolute atomic E-state index is 0.0744. The zero-order chi connectivity index (χ0) is 11.5. The molecule has 1 amide bonds. The van der Waals surface area contributed by atoms with Crippen LogP contribution in [0, 0.1) is 5.92 Å². The second kappa shape index (κ2) is 9.89. The first-order valence-electron chi connectivity index (χ1n) is 5.29. The average molecular weight is 218 g/mol. The van der Waals surface area contributed by atoms with Crippen molar-refractivity contribution in [2.75, 3.05) is 39.5 Å². The molecule has 90 valence electrons. The zero-order valence-electron chi connectivity index (χ0n) is 9.62. The number of nitrogens with one attached hydrogen (secondary N) is 1. The molecule has 0 aliphatic carbocycles. The lowest BCUT2D eigenvalue weighted by molar-refractivity contribution is -0.126. The Hall–Kier alpha value is -0.650. The maximum Gasteiger partial charge on any atom is 0.246 e. The van der Waals surface area contributed by atoms with Gasteiger partial charge in [-0.3, -0.25) is 4.79 Å². The maximum absolute atomic E-state index is 11.0. The van der Waals surface area contributed by atoms with Gasteiger partial charge in [0.05, 0.1) is 13.2 Å². The number of nitrogens with two attached hydrogens (primary N) is 1. The topological polar surface area (TPSA) is 73.6 Å². The summed E-state index contributed by atoms with van der Waals surface area (Å²) in [6.45, 7) is 6.89. The minimum Gasteiger partial charge on any atom is -0.379 e. The molecule has 0 spiro atoms. The first kappa shape index (κ1) is 14.3. The minimum atomic E-state index is -0.135. The van der Waals surface area contributed by atoms with Gasteiger partial charge in [0.15, 0.2) is 0 Å². The molecule has 0 aromatic carbocycles. The smallest absolute Gasteiger partial charge is 0.246 e. The Morgan fingerprint density at radius 1 is 1.33 bits per heavy atom. The SMILES string of the molecule is CC(C)COCCOCC(=O)NCCN. The molecule has 0 radical (unpaired) electrons. The molecule has 5 nitrogen and oxygen atoms in total. The molecule has 0 bridgehead atoms. The van der Waals surface area contributed by atoms with Crippen LogP contribution in [0.4, 0.5) is 0 Å². The first-order valence-corrected chi connectivity index (χ1v) is 5.29. The lowest BCUT2D eigenvalue weighted by Gasteiger charge is -2.07. The lowest BCUT2D eigenvalue weighted by atomic mass is 10.2. The third kappa shape index (κ3) is 11.3. The number of carbonyl (C=O) groups excluding carboxylic acids is 1. The van der Waals surface area contributed by atoms with Crippen LogP contribution in [-0.4, -0.2) is 45.4 Å². The van der Waals surface area contributed by atoms with E-state index < -0.39 is 0 Å². The van der Waals surface area contributed by atoms with Gasteiger partial charge in [0.25, 0.3) is 0 Å². The largest absolute Gasteiger partial charge is 0.379 e. The summed E-state index contributed by atoms with van der Waals surface area (Å²) in [4.78, 5) is 11.0. The van der Waals surface area contributed by atoms with Gasteiger partial charge in [-0.25, -0.2) is 0 Å². The van der Waals surface area contributed by atoms with Gasteiger partial charge in [-0.2, -0.15) is 0 Å². The Morgan fingerprint density at radius 3 is 2.60 bits per heavy atom. The summed E-state index contributed by atoms with van der Waals surface area (Å²) in [6, 6.07) is 0. The molecule has 0 unspecified atom stereocenters. The fraction of sp³-hybridized carbons (Fsp3) is 0.900. The Kier molecular flexibility index (Phi) is 9.46. The van der Waals surface area contributed by atoms with E-state index in [1.807, 2.05) is 0 Å². The standard InChI is InChI=1S/C10H22N2O3/c1-9(2)7-14-5-6-15-8-10(13)12-4-3-11/h9H,3-8,11H2,1-2H3,(H,12,13). The number of ether oxygens (including phenoxy) is 2. The van der Waals surface area contributed by atoms with Gasteiger partial charge in [0.2, 0.25) is 5.91 Å². The molecule has 0 fully saturated rings. The van der Waals surface area contributed by atoms with Crippen molar-refractivity contribution in [3.63, 3.8) is 0 Å². The summed E-state index contributed by atoms with van der Waals surface area (Å²) < 4.78 is 10.4. The molecular formula is C10H22N2O3. The van der Waals surface area contributed by atoms with Gasteiger partial charge in [0, 0.05) is 19.7 Å². The van der Waals surface area contributed by atoms with E-state index >= 15 is 0 Å². The van der Waals surface area contributed by atoms with Crippen LogP contribution < -0.4 is 11.1 Å². The van der Waals surface area contributed by atoms with Crippen molar-refractivity contribution in [1.29, 1.82) is 0 Å². The molecule has 5 heteroatoms. The predicted octanol–water partition coefficient (Wildman–Crippen LogP) is -0.249. The van der Waals surface area contributed by atoms with Crippen LogP contribution in [0.3, 0.4) is 0 Å². The van der Waals surface area contributed by atoms with Crippen LogP contribution in [-0.2, 0) is 14.3 Å². The molecule has 0 aromatic heterocycles. The normalized spacial score (nSPS) is 10.7. The van der Waals surface area contributed by atoms with Crippen LogP contribution in [0.1, 0.15) is 13.8 Å². The molecule has 3 N–H and O–H groups in total. The summed E-state index contributed by atoms with van der Waals surface area (Å²) in [5, 5.41) is 2.61. The number of amides is 1. The lowest BCUT2D eigenvalue weighted by Crippen LogP contribution is -2.32. The fourth-order valence-corrected chi connectivity index (χ4v) is 0.864. The quantitative estimate of drug-likeness (QED) is 0.523. The highest BCUT2D eigenvalue weighted by Gasteiger charge is 1.99. The molecule has 0 aliphatic rings. The summed E-state index contributed by atoms with van der Waals surface area (Å²) in [6.07, 6.45) is 0. The zero-order valence-corrected chi connectivity index (χ0v) is 9.62. The van der Waals surface area contributed by atoms with Crippen molar-refractivity contribution in [2.45, 2.75) is 13.8 Å². The van der Waals surface area contributed by atoms with Crippen molar-refractivity contribution in [1.82, 2.24) is 5.32 Å². The Bertz CT molecular complexity index is 163. The summed E-state index contributed by atoms with van der Waals surface area (Å²) in [5.74, 6) is 0.391. The molecule has 0 heterocycles. The van der Waals surface area contributed by atoms with Crippen LogP contribution in [0.2, 0.25) is 0 Å². The van der Waals surface area contributed by atoms with E-state index in [-0.39, 0.29) is 12.5 Å². The van der Waals surface area contributed by atoms with E-state index in [0.717, 1.165) is 6.61 Å². The second-order valence-corrected chi connectivity index (χ2v) is 3.66. The summed E-state index contributed by atoms with van der Waals surface area (Å²) in [5.41, 5.74) is 5.22. The number of hydrogen-bond donors (Lipinski definition) is 2. The van der Waals surface area contributed by atoms with Gasteiger partial charge in [-0.15, -0.1) is 0 Å². The molecule has 0 aromatic rings. The number of hydrogen-bond acceptors (Lipinski definition) is 4. The number of carbonyl (C=O) groups is 1. The summed E-state index contributed by atoms with van der Waals surface area (Å²) >= 11 is 0. The molecule has 0 aliphatic heterocycles. The van der Waals surface area contributed by atoms with Gasteiger partial charge < -0.3 is 20.5 Å². The van der Waals surface area contributed by atoms with Gasteiger partial charge >= 0.3 is 0 Å².